The molecule has 0 spiro atoms. The van der Waals surface area contributed by atoms with Crippen LogP contribution in [0.1, 0.15) is 50.5 Å². The van der Waals surface area contributed by atoms with E-state index in [2.05, 4.69) is 30.7 Å². The van der Waals surface area contributed by atoms with Crippen molar-refractivity contribution in [2.45, 2.75) is 46.1 Å². The highest BCUT2D eigenvalue weighted by atomic mass is 16.5. The molecule has 5 heteroatoms. The number of ether oxygens (including phenoxy) is 1. The zero-order chi connectivity index (χ0) is 14.5. The van der Waals surface area contributed by atoms with E-state index in [1.54, 1.807) is 0 Å². The second kappa shape index (κ2) is 4.17. The zero-order valence-corrected chi connectivity index (χ0v) is 12.1. The molecule has 2 aliphatic carbocycles. The Balaban J connectivity index is 1.78. The maximum absolute atomic E-state index is 12.1. The third-order valence-electron chi connectivity index (χ3n) is 5.84. The molecule has 0 aromatic carbocycles. The number of aromatic amines is 1. The third-order valence-corrected chi connectivity index (χ3v) is 5.84. The predicted octanol–water partition coefficient (Wildman–Crippen LogP) is 2.14. The molecule has 108 valence electrons. The molecule has 0 saturated heterocycles. The normalized spacial score (nSPS) is 34.1. The Morgan fingerprint density at radius 1 is 1.45 bits per heavy atom. The van der Waals surface area contributed by atoms with E-state index in [1.807, 2.05) is 0 Å². The van der Waals surface area contributed by atoms with Crippen LogP contribution < -0.4 is 5.56 Å². The topological polar surface area (TPSA) is 72.1 Å². The molecule has 1 aromatic heterocycles. The van der Waals surface area contributed by atoms with Crippen molar-refractivity contribution in [3.8, 4) is 0 Å². The standard InChI is InChI=1S/C15H20N2O3/c1-14(2)9-4-5-15(14,3)11(6-9)20-13(19)10-7-17-12(18)8-16-10/h7-9,11H,4-6H2,1-3H3,(H,17,18). The van der Waals surface area contributed by atoms with E-state index in [4.69, 9.17) is 4.74 Å². The van der Waals surface area contributed by atoms with Gasteiger partial charge in [-0.25, -0.2) is 9.78 Å². The molecule has 2 fully saturated rings. The Hall–Kier alpha value is -1.65. The first-order valence-corrected chi connectivity index (χ1v) is 7.10. The molecule has 2 saturated carbocycles. The minimum Gasteiger partial charge on any atom is -0.457 e. The Morgan fingerprint density at radius 3 is 2.70 bits per heavy atom. The molecule has 3 rings (SSSR count). The second-order valence-corrected chi connectivity index (χ2v) is 6.80. The van der Waals surface area contributed by atoms with Crippen LogP contribution in [0.25, 0.3) is 0 Å². The molecule has 1 heterocycles. The summed E-state index contributed by atoms with van der Waals surface area (Å²) in [5.74, 6) is 0.171. The molecular formula is C15H20N2O3. The zero-order valence-electron chi connectivity index (χ0n) is 12.1. The largest absolute Gasteiger partial charge is 0.457 e. The Kier molecular flexibility index (Phi) is 2.78. The Labute approximate surface area is 117 Å². The first kappa shape index (κ1) is 13.3. The lowest BCUT2D eigenvalue weighted by Gasteiger charge is -2.38. The van der Waals surface area contributed by atoms with Crippen LogP contribution in [0, 0.1) is 16.7 Å². The van der Waals surface area contributed by atoms with E-state index in [0.717, 1.165) is 19.0 Å². The van der Waals surface area contributed by atoms with Crippen molar-refractivity contribution in [2.75, 3.05) is 0 Å². The number of esters is 1. The average Bonchev–Trinajstić information content (AvgIpc) is 2.72. The van der Waals surface area contributed by atoms with Crippen molar-refractivity contribution in [3.63, 3.8) is 0 Å². The van der Waals surface area contributed by atoms with Crippen molar-refractivity contribution in [1.29, 1.82) is 0 Å². The number of nitrogens with one attached hydrogen (secondary N) is 1. The molecule has 0 aliphatic heterocycles. The minimum atomic E-state index is -0.448. The van der Waals surface area contributed by atoms with Gasteiger partial charge in [-0.2, -0.15) is 0 Å². The summed E-state index contributed by atoms with van der Waals surface area (Å²) in [4.78, 5) is 29.4. The van der Waals surface area contributed by atoms with E-state index in [1.165, 1.54) is 12.6 Å². The molecule has 2 aliphatic rings. The summed E-state index contributed by atoms with van der Waals surface area (Å²) in [5, 5.41) is 0. The van der Waals surface area contributed by atoms with Gasteiger partial charge in [0, 0.05) is 11.6 Å². The fraction of sp³-hybridized carbons (Fsp3) is 0.667. The van der Waals surface area contributed by atoms with Crippen LogP contribution in [-0.2, 0) is 4.74 Å². The van der Waals surface area contributed by atoms with Gasteiger partial charge in [0.25, 0.3) is 5.56 Å². The summed E-state index contributed by atoms with van der Waals surface area (Å²) in [6, 6.07) is 0. The van der Waals surface area contributed by atoms with Gasteiger partial charge >= 0.3 is 5.97 Å². The quantitative estimate of drug-likeness (QED) is 0.840. The van der Waals surface area contributed by atoms with Crippen LogP contribution in [0.5, 0.6) is 0 Å². The van der Waals surface area contributed by atoms with E-state index >= 15 is 0 Å². The number of rotatable bonds is 2. The predicted molar refractivity (Wildman–Crippen MR) is 73.3 cm³/mol. The number of H-pyrrole nitrogens is 1. The minimum absolute atomic E-state index is 0.0372. The number of carbonyl (C=O) groups is 1. The van der Waals surface area contributed by atoms with Crippen molar-refractivity contribution in [1.82, 2.24) is 9.97 Å². The summed E-state index contributed by atoms with van der Waals surface area (Å²) in [6.45, 7) is 6.77. The van der Waals surface area contributed by atoms with E-state index in [0.29, 0.717) is 5.92 Å². The number of aromatic nitrogens is 2. The number of fused-ring (bicyclic) bond motifs is 2. The number of nitrogens with zero attached hydrogens (tertiary/aromatic N) is 1. The van der Waals surface area contributed by atoms with Gasteiger partial charge in [0.1, 0.15) is 6.10 Å². The van der Waals surface area contributed by atoms with Crippen LogP contribution in [-0.4, -0.2) is 22.0 Å². The first-order chi connectivity index (χ1) is 9.34. The summed E-state index contributed by atoms with van der Waals surface area (Å²) in [5.41, 5.74) is 0.0784. The Morgan fingerprint density at radius 2 is 2.20 bits per heavy atom. The van der Waals surface area contributed by atoms with Gasteiger partial charge < -0.3 is 9.72 Å². The average molecular weight is 276 g/mol. The van der Waals surface area contributed by atoms with Gasteiger partial charge in [-0.05, 0) is 30.6 Å². The highest BCUT2D eigenvalue weighted by Crippen LogP contribution is 2.66. The molecule has 1 aromatic rings. The van der Waals surface area contributed by atoms with Gasteiger partial charge in [-0.3, -0.25) is 4.79 Å². The lowest BCUT2D eigenvalue weighted by atomic mass is 9.70. The van der Waals surface area contributed by atoms with Crippen LogP contribution in [0.15, 0.2) is 17.2 Å². The number of hydrogen-bond donors (Lipinski definition) is 1. The molecule has 3 unspecified atom stereocenters. The molecule has 3 atom stereocenters. The lowest BCUT2D eigenvalue weighted by Crippen LogP contribution is -2.38. The third kappa shape index (κ3) is 1.72. The van der Waals surface area contributed by atoms with Gasteiger partial charge in [-0.1, -0.05) is 20.8 Å². The number of carbonyl (C=O) groups excluding carboxylic acids is 1. The fourth-order valence-electron chi connectivity index (χ4n) is 3.95. The molecule has 5 nitrogen and oxygen atoms in total. The van der Waals surface area contributed by atoms with Crippen LogP contribution in [0.3, 0.4) is 0 Å². The van der Waals surface area contributed by atoms with E-state index < -0.39 is 5.97 Å². The van der Waals surface area contributed by atoms with Crippen molar-refractivity contribution >= 4 is 5.97 Å². The monoisotopic (exact) mass is 276 g/mol. The lowest BCUT2D eigenvalue weighted by molar-refractivity contribution is -0.0247. The number of hydrogen-bond acceptors (Lipinski definition) is 4. The Bertz CT molecular complexity index is 587. The second-order valence-electron chi connectivity index (χ2n) is 6.80. The molecule has 20 heavy (non-hydrogen) atoms. The van der Waals surface area contributed by atoms with Crippen molar-refractivity contribution in [3.05, 3.63) is 28.4 Å². The summed E-state index contributed by atoms with van der Waals surface area (Å²) >= 11 is 0. The summed E-state index contributed by atoms with van der Waals surface area (Å²) in [6.07, 6.45) is 5.60. The highest BCUT2D eigenvalue weighted by molar-refractivity contribution is 5.86. The fourth-order valence-corrected chi connectivity index (χ4v) is 3.95. The van der Waals surface area contributed by atoms with E-state index in [9.17, 15) is 9.59 Å². The van der Waals surface area contributed by atoms with E-state index in [-0.39, 0.29) is 28.2 Å². The van der Waals surface area contributed by atoms with Crippen LogP contribution >= 0.6 is 0 Å². The SMILES string of the molecule is CC1(C)C2CCC1(C)C(OC(=O)c1c[nH]c(=O)cn1)C2. The maximum Gasteiger partial charge on any atom is 0.358 e. The smallest absolute Gasteiger partial charge is 0.358 e. The van der Waals surface area contributed by atoms with Gasteiger partial charge in [0.15, 0.2) is 5.69 Å². The first-order valence-electron chi connectivity index (χ1n) is 7.10. The highest BCUT2D eigenvalue weighted by Gasteiger charge is 2.62. The maximum atomic E-state index is 12.1. The molecule has 1 N–H and O–H groups in total. The molecule has 2 bridgehead atoms. The molecular weight excluding hydrogens is 256 g/mol. The summed E-state index contributed by atoms with van der Waals surface area (Å²) in [7, 11) is 0. The van der Waals surface area contributed by atoms with Crippen molar-refractivity contribution < 1.29 is 9.53 Å². The van der Waals surface area contributed by atoms with Crippen molar-refractivity contribution in [2.24, 2.45) is 16.7 Å². The van der Waals surface area contributed by atoms with Gasteiger partial charge in [-0.15, -0.1) is 0 Å². The summed E-state index contributed by atoms with van der Waals surface area (Å²) < 4.78 is 5.69. The molecule has 0 radical (unpaired) electrons. The van der Waals surface area contributed by atoms with Gasteiger partial charge in [0.05, 0.1) is 6.20 Å². The molecule has 0 amide bonds. The van der Waals surface area contributed by atoms with Crippen LogP contribution in [0.4, 0.5) is 0 Å². The van der Waals surface area contributed by atoms with Gasteiger partial charge in [0.2, 0.25) is 0 Å². The van der Waals surface area contributed by atoms with Crippen LogP contribution in [0.2, 0.25) is 0 Å².